The Bertz CT molecular complexity index is 440. The van der Waals surface area contributed by atoms with E-state index in [0.29, 0.717) is 5.69 Å². The molecule has 0 unspecified atom stereocenters. The van der Waals surface area contributed by atoms with E-state index in [2.05, 4.69) is 32.7 Å². The van der Waals surface area contributed by atoms with E-state index in [1.54, 1.807) is 13.1 Å². The number of amides is 1. The molecule has 0 spiro atoms. The van der Waals surface area contributed by atoms with E-state index >= 15 is 0 Å². The normalized spacial score (nSPS) is 16.0. The van der Waals surface area contributed by atoms with Gasteiger partial charge in [0.1, 0.15) is 0 Å². The van der Waals surface area contributed by atoms with Gasteiger partial charge in [-0.2, -0.15) is 0 Å². The Balaban J connectivity index is 1.83. The lowest BCUT2D eigenvalue weighted by molar-refractivity contribution is 0.0957. The number of piperidine rings is 1. The molecule has 2 N–H and O–H groups in total. The minimum Gasteiger partial charge on any atom is -0.355 e. The molecule has 0 atom stereocenters. The lowest BCUT2D eigenvalue weighted by Crippen LogP contribution is -2.38. The van der Waals surface area contributed by atoms with Crippen LogP contribution in [-0.2, 0) is 0 Å². The third-order valence-electron chi connectivity index (χ3n) is 3.91. The molecule has 0 radical (unpaired) electrons. The third-order valence-corrected chi connectivity index (χ3v) is 3.91. The molecule has 1 amide bonds. The summed E-state index contributed by atoms with van der Waals surface area (Å²) < 4.78 is 0. The summed E-state index contributed by atoms with van der Waals surface area (Å²) in [5.41, 5.74) is 0.361. The van der Waals surface area contributed by atoms with Gasteiger partial charge >= 0.3 is 0 Å². The van der Waals surface area contributed by atoms with Gasteiger partial charge in [-0.1, -0.05) is 6.92 Å². The maximum Gasteiger partial charge on any atom is 0.271 e. The van der Waals surface area contributed by atoms with Gasteiger partial charge in [0.15, 0.2) is 11.5 Å². The summed E-state index contributed by atoms with van der Waals surface area (Å²) >= 11 is 0. The van der Waals surface area contributed by atoms with Gasteiger partial charge in [-0.3, -0.25) is 4.79 Å². The number of aromatic nitrogens is 2. The SMILES string of the molecule is CCCNCC1CCN(c2ccc(C(=O)NC)nn2)CC1. The summed E-state index contributed by atoms with van der Waals surface area (Å²) in [5.74, 6) is 1.42. The van der Waals surface area contributed by atoms with E-state index in [-0.39, 0.29) is 5.91 Å². The van der Waals surface area contributed by atoms with Gasteiger partial charge in [-0.05, 0) is 50.4 Å². The second kappa shape index (κ2) is 7.93. The van der Waals surface area contributed by atoms with E-state index < -0.39 is 0 Å². The van der Waals surface area contributed by atoms with Crippen LogP contribution in [0.15, 0.2) is 12.1 Å². The molecule has 0 saturated carbocycles. The zero-order valence-electron chi connectivity index (χ0n) is 12.9. The zero-order valence-corrected chi connectivity index (χ0v) is 12.9. The van der Waals surface area contributed by atoms with Crippen molar-refractivity contribution >= 4 is 11.7 Å². The molecule has 1 aliphatic rings. The summed E-state index contributed by atoms with van der Waals surface area (Å²) in [6.07, 6.45) is 3.54. The number of anilines is 1. The largest absolute Gasteiger partial charge is 0.355 e. The van der Waals surface area contributed by atoms with Crippen molar-refractivity contribution in [2.45, 2.75) is 26.2 Å². The molecule has 0 aromatic carbocycles. The number of carbonyl (C=O) groups excluding carboxylic acids is 1. The van der Waals surface area contributed by atoms with Crippen molar-refractivity contribution < 1.29 is 4.79 Å². The van der Waals surface area contributed by atoms with Crippen LogP contribution in [0.3, 0.4) is 0 Å². The van der Waals surface area contributed by atoms with Crippen molar-refractivity contribution in [2.75, 3.05) is 38.1 Å². The van der Waals surface area contributed by atoms with Crippen LogP contribution in [0.5, 0.6) is 0 Å². The molecule has 1 aromatic heterocycles. The summed E-state index contributed by atoms with van der Waals surface area (Å²) in [4.78, 5) is 13.7. The molecule has 1 saturated heterocycles. The molecule has 21 heavy (non-hydrogen) atoms. The van der Waals surface area contributed by atoms with Crippen LogP contribution in [0.1, 0.15) is 36.7 Å². The van der Waals surface area contributed by atoms with Crippen LogP contribution >= 0.6 is 0 Å². The van der Waals surface area contributed by atoms with Gasteiger partial charge in [0.2, 0.25) is 0 Å². The molecular formula is C15H25N5O. The summed E-state index contributed by atoms with van der Waals surface area (Å²) in [7, 11) is 1.59. The van der Waals surface area contributed by atoms with Crippen LogP contribution in [0.25, 0.3) is 0 Å². The smallest absolute Gasteiger partial charge is 0.271 e. The number of carbonyl (C=O) groups is 1. The molecule has 2 heterocycles. The van der Waals surface area contributed by atoms with E-state index in [1.165, 1.54) is 19.3 Å². The summed E-state index contributed by atoms with van der Waals surface area (Å²) in [5, 5.41) is 14.2. The van der Waals surface area contributed by atoms with E-state index in [1.807, 2.05) is 6.07 Å². The molecule has 0 bridgehead atoms. The first-order chi connectivity index (χ1) is 10.2. The highest BCUT2D eigenvalue weighted by Gasteiger charge is 2.20. The first-order valence-electron chi connectivity index (χ1n) is 7.76. The molecule has 6 heteroatoms. The van der Waals surface area contributed by atoms with Crippen LogP contribution in [-0.4, -0.2) is 49.3 Å². The summed E-state index contributed by atoms with van der Waals surface area (Å²) in [6.45, 7) is 6.42. The van der Waals surface area contributed by atoms with Crippen molar-refractivity contribution in [3.8, 4) is 0 Å². The predicted octanol–water partition coefficient (Wildman–Crippen LogP) is 1.05. The Hall–Kier alpha value is -1.69. The minimum absolute atomic E-state index is 0.199. The number of hydrogen-bond acceptors (Lipinski definition) is 5. The van der Waals surface area contributed by atoms with E-state index in [0.717, 1.165) is 37.9 Å². The monoisotopic (exact) mass is 291 g/mol. The van der Waals surface area contributed by atoms with E-state index in [9.17, 15) is 4.79 Å². The van der Waals surface area contributed by atoms with Gasteiger partial charge in [0.25, 0.3) is 5.91 Å². The second-order valence-corrected chi connectivity index (χ2v) is 5.49. The highest BCUT2D eigenvalue weighted by molar-refractivity contribution is 5.91. The van der Waals surface area contributed by atoms with E-state index in [4.69, 9.17) is 0 Å². The predicted molar refractivity (Wildman–Crippen MR) is 83.5 cm³/mol. The third kappa shape index (κ3) is 4.39. The first kappa shape index (κ1) is 15.7. The molecule has 1 fully saturated rings. The Morgan fingerprint density at radius 1 is 1.33 bits per heavy atom. The molecule has 0 aliphatic carbocycles. The Labute approximate surface area is 126 Å². The van der Waals surface area contributed by atoms with Gasteiger partial charge < -0.3 is 15.5 Å². The molecule has 116 valence electrons. The number of hydrogen-bond donors (Lipinski definition) is 2. The summed E-state index contributed by atoms with van der Waals surface area (Å²) in [6, 6.07) is 3.61. The highest BCUT2D eigenvalue weighted by atomic mass is 16.1. The fraction of sp³-hybridized carbons (Fsp3) is 0.667. The van der Waals surface area contributed by atoms with Crippen molar-refractivity contribution in [3.63, 3.8) is 0 Å². The van der Waals surface area contributed by atoms with Crippen molar-refractivity contribution in [3.05, 3.63) is 17.8 Å². The van der Waals surface area contributed by atoms with Gasteiger partial charge in [0, 0.05) is 20.1 Å². The number of nitrogens with zero attached hydrogens (tertiary/aromatic N) is 3. The quantitative estimate of drug-likeness (QED) is 0.767. The maximum atomic E-state index is 11.4. The first-order valence-corrected chi connectivity index (χ1v) is 7.76. The Morgan fingerprint density at radius 3 is 2.67 bits per heavy atom. The fourth-order valence-electron chi connectivity index (χ4n) is 2.59. The van der Waals surface area contributed by atoms with Crippen LogP contribution in [0, 0.1) is 5.92 Å². The minimum atomic E-state index is -0.199. The maximum absolute atomic E-state index is 11.4. The molecule has 1 aromatic rings. The number of rotatable bonds is 6. The molecular weight excluding hydrogens is 266 g/mol. The van der Waals surface area contributed by atoms with Crippen LogP contribution in [0.4, 0.5) is 5.82 Å². The van der Waals surface area contributed by atoms with Crippen LogP contribution in [0.2, 0.25) is 0 Å². The Kier molecular flexibility index (Phi) is 5.92. The molecule has 1 aliphatic heterocycles. The average Bonchev–Trinajstić information content (AvgIpc) is 2.55. The Morgan fingerprint density at radius 2 is 2.10 bits per heavy atom. The van der Waals surface area contributed by atoms with Gasteiger partial charge in [-0.15, -0.1) is 10.2 Å². The van der Waals surface area contributed by atoms with Crippen LogP contribution < -0.4 is 15.5 Å². The lowest BCUT2D eigenvalue weighted by atomic mass is 9.97. The van der Waals surface area contributed by atoms with Crippen molar-refractivity contribution in [1.82, 2.24) is 20.8 Å². The molecule has 2 rings (SSSR count). The highest BCUT2D eigenvalue weighted by Crippen LogP contribution is 2.20. The standard InChI is InChI=1S/C15H25N5O/c1-3-8-17-11-12-6-9-20(10-7-12)14-5-4-13(18-19-14)15(21)16-2/h4-5,12,17H,3,6-11H2,1-2H3,(H,16,21). The second-order valence-electron chi connectivity index (χ2n) is 5.49. The van der Waals surface area contributed by atoms with Gasteiger partial charge in [0.05, 0.1) is 0 Å². The van der Waals surface area contributed by atoms with Gasteiger partial charge in [-0.25, -0.2) is 0 Å². The zero-order chi connectivity index (χ0) is 15.1. The topological polar surface area (TPSA) is 70.2 Å². The molecule has 6 nitrogen and oxygen atoms in total. The fourth-order valence-corrected chi connectivity index (χ4v) is 2.59. The number of nitrogens with one attached hydrogen (secondary N) is 2. The lowest BCUT2D eigenvalue weighted by Gasteiger charge is -2.32. The van der Waals surface area contributed by atoms with Crippen molar-refractivity contribution in [2.24, 2.45) is 5.92 Å². The van der Waals surface area contributed by atoms with Crippen molar-refractivity contribution in [1.29, 1.82) is 0 Å². The average molecular weight is 291 g/mol.